The SMILES string of the molecule is CN(C)S(=O)(=O)c1c(NC(=O)C2CCCCC2C(=O)c2ccc(-c3ccn[nH]3)cc2)cnn1C. The molecule has 0 aliphatic heterocycles. The lowest BCUT2D eigenvalue weighted by molar-refractivity contribution is -0.122. The van der Waals surface area contributed by atoms with E-state index >= 15 is 0 Å². The molecule has 0 spiro atoms. The van der Waals surface area contributed by atoms with Gasteiger partial charge in [-0.05, 0) is 24.5 Å². The Morgan fingerprint density at radius 2 is 1.76 bits per heavy atom. The van der Waals surface area contributed by atoms with Gasteiger partial charge < -0.3 is 5.32 Å². The molecule has 2 heterocycles. The number of nitrogens with zero attached hydrogens (tertiary/aromatic N) is 4. The Labute approximate surface area is 198 Å². The number of hydrogen-bond acceptors (Lipinski definition) is 6. The molecule has 1 saturated carbocycles. The molecule has 1 amide bonds. The molecule has 0 saturated heterocycles. The lowest BCUT2D eigenvalue weighted by atomic mass is 9.75. The van der Waals surface area contributed by atoms with Gasteiger partial charge in [-0.3, -0.25) is 19.4 Å². The van der Waals surface area contributed by atoms with Gasteiger partial charge in [-0.25, -0.2) is 12.7 Å². The van der Waals surface area contributed by atoms with Gasteiger partial charge in [-0.1, -0.05) is 37.1 Å². The molecule has 11 heteroatoms. The number of ketones is 1. The van der Waals surface area contributed by atoms with Crippen molar-refractivity contribution in [1.82, 2.24) is 24.3 Å². The summed E-state index contributed by atoms with van der Waals surface area (Å²) in [4.78, 5) is 26.6. The Morgan fingerprint density at radius 1 is 1.09 bits per heavy atom. The lowest BCUT2D eigenvalue weighted by Gasteiger charge is -2.29. The van der Waals surface area contributed by atoms with Crippen LogP contribution in [-0.4, -0.2) is 58.5 Å². The molecule has 1 aliphatic carbocycles. The topological polar surface area (TPSA) is 130 Å². The van der Waals surface area contributed by atoms with Gasteiger partial charge in [0.15, 0.2) is 10.8 Å². The number of amides is 1. The number of H-pyrrole nitrogens is 1. The summed E-state index contributed by atoms with van der Waals surface area (Å²) in [6.45, 7) is 0. The smallest absolute Gasteiger partial charge is 0.261 e. The highest BCUT2D eigenvalue weighted by Crippen LogP contribution is 2.34. The van der Waals surface area contributed by atoms with Gasteiger partial charge in [0.2, 0.25) is 5.91 Å². The molecule has 2 unspecified atom stereocenters. The first kappa shape index (κ1) is 23.8. The number of rotatable bonds is 7. The van der Waals surface area contributed by atoms with E-state index < -0.39 is 21.9 Å². The molecule has 1 aliphatic rings. The van der Waals surface area contributed by atoms with E-state index in [9.17, 15) is 18.0 Å². The minimum absolute atomic E-state index is 0.0802. The Morgan fingerprint density at radius 3 is 2.38 bits per heavy atom. The first-order valence-electron chi connectivity index (χ1n) is 11.1. The molecule has 2 atom stereocenters. The summed E-state index contributed by atoms with van der Waals surface area (Å²) in [5.41, 5.74) is 2.43. The van der Waals surface area contributed by atoms with Crippen molar-refractivity contribution in [2.45, 2.75) is 30.7 Å². The number of hydrogen-bond donors (Lipinski definition) is 2. The number of carbonyl (C=O) groups excluding carboxylic acids is 2. The third-order valence-corrected chi connectivity index (χ3v) is 8.22. The number of sulfonamides is 1. The third kappa shape index (κ3) is 4.53. The second-order valence-electron chi connectivity index (χ2n) is 8.67. The molecule has 4 rings (SSSR count). The van der Waals surface area contributed by atoms with E-state index in [0.717, 1.165) is 28.4 Å². The molecule has 34 heavy (non-hydrogen) atoms. The number of aromatic nitrogens is 4. The number of benzene rings is 1. The number of aryl methyl sites for hydroxylation is 1. The number of anilines is 1. The molecular weight excluding hydrogens is 456 g/mol. The van der Waals surface area contributed by atoms with Crippen molar-refractivity contribution in [2.75, 3.05) is 19.4 Å². The standard InChI is InChI=1S/C23H28N6O4S/c1-28(2)34(32,33)23-20(14-25-29(23)3)26-22(31)18-7-5-4-6-17(18)21(30)16-10-8-15(9-11-16)19-12-13-24-27-19/h8-14,17-18H,4-7H2,1-3H3,(H,24,27)(H,26,31). The fraction of sp³-hybridized carbons (Fsp3) is 0.391. The van der Waals surface area contributed by atoms with E-state index in [1.807, 2.05) is 18.2 Å². The average Bonchev–Trinajstić information content (AvgIpc) is 3.49. The van der Waals surface area contributed by atoms with E-state index in [4.69, 9.17) is 0 Å². The van der Waals surface area contributed by atoms with Crippen LogP contribution in [0.25, 0.3) is 11.3 Å². The van der Waals surface area contributed by atoms with Crippen LogP contribution in [0.1, 0.15) is 36.0 Å². The van der Waals surface area contributed by atoms with Gasteiger partial charge in [0, 0.05) is 44.7 Å². The van der Waals surface area contributed by atoms with Crippen LogP contribution in [0.2, 0.25) is 0 Å². The summed E-state index contributed by atoms with van der Waals surface area (Å²) in [6, 6.07) is 9.09. The van der Waals surface area contributed by atoms with Crippen molar-refractivity contribution in [3.63, 3.8) is 0 Å². The van der Waals surface area contributed by atoms with Gasteiger partial charge in [-0.15, -0.1) is 0 Å². The molecule has 2 aromatic heterocycles. The molecule has 0 radical (unpaired) electrons. The first-order chi connectivity index (χ1) is 16.2. The van der Waals surface area contributed by atoms with E-state index in [1.54, 1.807) is 18.3 Å². The monoisotopic (exact) mass is 484 g/mol. The molecule has 3 aromatic rings. The quantitative estimate of drug-likeness (QED) is 0.496. The molecule has 10 nitrogen and oxygen atoms in total. The minimum atomic E-state index is -3.82. The average molecular weight is 485 g/mol. The van der Waals surface area contributed by atoms with Crippen LogP contribution < -0.4 is 5.32 Å². The maximum atomic E-state index is 13.4. The van der Waals surface area contributed by atoms with Crippen molar-refractivity contribution in [2.24, 2.45) is 18.9 Å². The highest BCUT2D eigenvalue weighted by Gasteiger charge is 2.37. The van der Waals surface area contributed by atoms with Gasteiger partial charge in [0.05, 0.1) is 11.9 Å². The highest BCUT2D eigenvalue weighted by molar-refractivity contribution is 7.89. The lowest BCUT2D eigenvalue weighted by Crippen LogP contribution is -2.36. The second-order valence-corrected chi connectivity index (χ2v) is 10.7. The van der Waals surface area contributed by atoms with Gasteiger partial charge in [-0.2, -0.15) is 10.2 Å². The fourth-order valence-electron chi connectivity index (χ4n) is 4.42. The van der Waals surface area contributed by atoms with Crippen molar-refractivity contribution >= 4 is 27.4 Å². The summed E-state index contributed by atoms with van der Waals surface area (Å²) in [6.07, 6.45) is 5.84. The molecule has 0 bridgehead atoms. The fourth-order valence-corrected chi connectivity index (χ4v) is 5.53. The normalized spacial score (nSPS) is 18.7. The van der Waals surface area contributed by atoms with Gasteiger partial charge >= 0.3 is 0 Å². The van der Waals surface area contributed by atoms with Crippen LogP contribution in [0.15, 0.2) is 47.8 Å². The number of nitrogens with one attached hydrogen (secondary N) is 2. The van der Waals surface area contributed by atoms with E-state index in [-0.39, 0.29) is 22.4 Å². The zero-order chi connectivity index (χ0) is 24.5. The summed E-state index contributed by atoms with van der Waals surface area (Å²) < 4.78 is 27.7. The number of carbonyl (C=O) groups is 2. The van der Waals surface area contributed by atoms with Gasteiger partial charge in [0.1, 0.15) is 5.69 Å². The summed E-state index contributed by atoms with van der Waals surface area (Å²) in [5.74, 6) is -1.47. The van der Waals surface area contributed by atoms with E-state index in [0.29, 0.717) is 18.4 Å². The van der Waals surface area contributed by atoms with Crippen LogP contribution in [0.3, 0.4) is 0 Å². The zero-order valence-corrected chi connectivity index (χ0v) is 20.2. The van der Waals surface area contributed by atoms with E-state index in [2.05, 4.69) is 20.6 Å². The van der Waals surface area contributed by atoms with Crippen LogP contribution >= 0.6 is 0 Å². The maximum Gasteiger partial charge on any atom is 0.261 e. The molecular formula is C23H28N6O4S. The van der Waals surface area contributed by atoms with Crippen LogP contribution in [0.4, 0.5) is 5.69 Å². The summed E-state index contributed by atoms with van der Waals surface area (Å²) in [7, 11) is 0.520. The van der Waals surface area contributed by atoms with Gasteiger partial charge in [0.25, 0.3) is 10.0 Å². The molecule has 1 fully saturated rings. The predicted octanol–water partition coefficient (Wildman–Crippen LogP) is 2.69. The minimum Gasteiger partial charge on any atom is -0.322 e. The summed E-state index contributed by atoms with van der Waals surface area (Å²) in [5, 5.41) is 13.5. The van der Waals surface area contributed by atoms with E-state index in [1.165, 1.54) is 32.0 Å². The Kier molecular flexibility index (Phi) is 6.67. The second kappa shape index (κ2) is 9.51. The van der Waals surface area contributed by atoms with Crippen LogP contribution in [-0.2, 0) is 21.9 Å². The number of Topliss-reactive ketones (excluding diaryl/α,β-unsaturated/α-hetero) is 1. The zero-order valence-electron chi connectivity index (χ0n) is 19.4. The Balaban J connectivity index is 1.55. The van der Waals surface area contributed by atoms with Crippen molar-refractivity contribution in [3.8, 4) is 11.3 Å². The summed E-state index contributed by atoms with van der Waals surface area (Å²) >= 11 is 0. The van der Waals surface area contributed by atoms with Crippen molar-refractivity contribution in [1.29, 1.82) is 0 Å². The Hall–Kier alpha value is -3.31. The molecule has 2 N–H and O–H groups in total. The highest BCUT2D eigenvalue weighted by atomic mass is 32.2. The number of aromatic amines is 1. The molecule has 1 aromatic carbocycles. The first-order valence-corrected chi connectivity index (χ1v) is 12.5. The largest absolute Gasteiger partial charge is 0.322 e. The predicted molar refractivity (Wildman–Crippen MR) is 127 cm³/mol. The van der Waals surface area contributed by atoms with Crippen LogP contribution in [0.5, 0.6) is 0 Å². The van der Waals surface area contributed by atoms with Crippen molar-refractivity contribution < 1.29 is 18.0 Å². The van der Waals surface area contributed by atoms with Crippen molar-refractivity contribution in [3.05, 3.63) is 48.3 Å². The third-order valence-electron chi connectivity index (χ3n) is 6.29. The van der Waals surface area contributed by atoms with Crippen LogP contribution in [0, 0.1) is 11.8 Å². The molecule has 180 valence electrons. The maximum absolute atomic E-state index is 13.4. The Bertz CT molecular complexity index is 1280.